The predicted octanol–water partition coefficient (Wildman–Crippen LogP) is 4.01. The molecule has 6 nitrogen and oxygen atoms in total. The molecule has 1 aromatic carbocycles. The number of thioether (sulfide) groups is 1. The van der Waals surface area contributed by atoms with Gasteiger partial charge in [-0.15, -0.1) is 0 Å². The van der Waals surface area contributed by atoms with Gasteiger partial charge < -0.3 is 14.6 Å². The lowest BCUT2D eigenvalue weighted by Gasteiger charge is -2.16. The number of para-hydroxylation sites is 1. The monoisotopic (exact) mass is 401 g/mol. The van der Waals surface area contributed by atoms with Crippen LogP contribution >= 0.6 is 11.8 Å². The average Bonchev–Trinajstić information content (AvgIpc) is 3.11. The van der Waals surface area contributed by atoms with Crippen LogP contribution in [0, 0.1) is 12.7 Å². The zero-order valence-corrected chi connectivity index (χ0v) is 16.3. The van der Waals surface area contributed by atoms with Crippen molar-refractivity contribution in [2.24, 2.45) is 0 Å². The van der Waals surface area contributed by atoms with Gasteiger partial charge in [-0.05, 0) is 38.1 Å². The number of pyridine rings is 1. The zero-order valence-electron chi connectivity index (χ0n) is 15.5. The van der Waals surface area contributed by atoms with E-state index < -0.39 is 5.82 Å². The summed E-state index contributed by atoms with van der Waals surface area (Å²) in [4.78, 5) is 16.9. The molecule has 0 spiro atoms. The van der Waals surface area contributed by atoms with E-state index in [1.54, 1.807) is 43.5 Å². The van der Waals surface area contributed by atoms with Gasteiger partial charge in [0.2, 0.25) is 0 Å². The summed E-state index contributed by atoms with van der Waals surface area (Å²) in [6.45, 7) is 3.76. The first-order valence-corrected chi connectivity index (χ1v) is 9.69. The average molecular weight is 401 g/mol. The topological polar surface area (TPSA) is 77.2 Å². The van der Waals surface area contributed by atoms with Crippen molar-refractivity contribution in [3.05, 3.63) is 71.5 Å². The SMILES string of the molecule is Cc1cc(CSc2ncccc2C(=O)NC(C)COc2ccccc2F)no1. The Labute approximate surface area is 166 Å². The van der Waals surface area contributed by atoms with E-state index >= 15 is 0 Å². The van der Waals surface area contributed by atoms with E-state index in [0.717, 1.165) is 11.5 Å². The molecule has 1 atom stereocenters. The van der Waals surface area contributed by atoms with Crippen molar-refractivity contribution >= 4 is 17.7 Å². The molecular weight excluding hydrogens is 381 g/mol. The van der Waals surface area contributed by atoms with Gasteiger partial charge in [0.15, 0.2) is 11.6 Å². The zero-order chi connectivity index (χ0) is 19.9. The number of carbonyl (C=O) groups is 1. The van der Waals surface area contributed by atoms with Crippen LogP contribution in [0.5, 0.6) is 5.75 Å². The molecule has 2 heterocycles. The Morgan fingerprint density at radius 1 is 1.32 bits per heavy atom. The first-order chi connectivity index (χ1) is 13.5. The summed E-state index contributed by atoms with van der Waals surface area (Å²) >= 11 is 1.41. The second kappa shape index (κ2) is 9.36. The molecule has 28 heavy (non-hydrogen) atoms. The summed E-state index contributed by atoms with van der Waals surface area (Å²) < 4.78 is 24.1. The van der Waals surface area contributed by atoms with E-state index in [-0.39, 0.29) is 24.3 Å². The molecule has 0 aliphatic rings. The van der Waals surface area contributed by atoms with Gasteiger partial charge in [-0.3, -0.25) is 4.79 Å². The van der Waals surface area contributed by atoms with Crippen LogP contribution in [0.3, 0.4) is 0 Å². The third-order valence-corrected chi connectivity index (χ3v) is 4.79. The summed E-state index contributed by atoms with van der Waals surface area (Å²) in [6.07, 6.45) is 1.64. The van der Waals surface area contributed by atoms with Gasteiger partial charge in [0.05, 0.1) is 17.3 Å². The van der Waals surface area contributed by atoms with Crippen LogP contribution < -0.4 is 10.1 Å². The van der Waals surface area contributed by atoms with Crippen LogP contribution in [0.1, 0.15) is 28.7 Å². The van der Waals surface area contributed by atoms with E-state index in [1.165, 1.54) is 17.8 Å². The molecule has 0 aliphatic carbocycles. The van der Waals surface area contributed by atoms with Gasteiger partial charge >= 0.3 is 0 Å². The maximum absolute atomic E-state index is 13.6. The first-order valence-electron chi connectivity index (χ1n) is 8.71. The van der Waals surface area contributed by atoms with Crippen LogP contribution in [-0.2, 0) is 5.75 Å². The fraction of sp³-hybridized carbons (Fsp3) is 0.250. The largest absolute Gasteiger partial charge is 0.488 e. The Morgan fingerprint density at radius 2 is 2.14 bits per heavy atom. The molecule has 3 aromatic rings. The molecule has 1 N–H and O–H groups in total. The summed E-state index contributed by atoms with van der Waals surface area (Å²) in [5.41, 5.74) is 1.25. The number of rotatable bonds is 8. The second-order valence-electron chi connectivity index (χ2n) is 6.19. The number of ether oxygens (including phenoxy) is 1. The smallest absolute Gasteiger partial charge is 0.254 e. The number of hydrogen-bond acceptors (Lipinski definition) is 6. The van der Waals surface area contributed by atoms with Gasteiger partial charge in [-0.1, -0.05) is 29.1 Å². The summed E-state index contributed by atoms with van der Waals surface area (Å²) in [6, 6.07) is 11.1. The molecule has 0 radical (unpaired) electrons. The summed E-state index contributed by atoms with van der Waals surface area (Å²) in [5, 5.41) is 7.40. The molecule has 146 valence electrons. The second-order valence-corrected chi connectivity index (χ2v) is 7.15. The van der Waals surface area contributed by atoms with Crippen molar-refractivity contribution in [1.29, 1.82) is 0 Å². The minimum absolute atomic E-state index is 0.146. The van der Waals surface area contributed by atoms with Crippen LogP contribution in [-0.4, -0.2) is 28.7 Å². The van der Waals surface area contributed by atoms with Crippen LogP contribution in [0.25, 0.3) is 0 Å². The molecule has 2 aromatic heterocycles. The number of hydrogen-bond donors (Lipinski definition) is 1. The highest BCUT2D eigenvalue weighted by Crippen LogP contribution is 2.24. The van der Waals surface area contributed by atoms with Crippen molar-refractivity contribution in [1.82, 2.24) is 15.5 Å². The molecule has 1 amide bonds. The molecule has 0 bridgehead atoms. The molecule has 0 aliphatic heterocycles. The van der Waals surface area contributed by atoms with Crippen molar-refractivity contribution in [3.63, 3.8) is 0 Å². The van der Waals surface area contributed by atoms with Gasteiger partial charge in [0, 0.05) is 18.0 Å². The number of carbonyl (C=O) groups excluding carboxylic acids is 1. The fourth-order valence-corrected chi connectivity index (χ4v) is 3.30. The molecule has 0 saturated heterocycles. The maximum atomic E-state index is 13.6. The van der Waals surface area contributed by atoms with E-state index in [2.05, 4.69) is 15.5 Å². The van der Waals surface area contributed by atoms with Gasteiger partial charge in [-0.2, -0.15) is 0 Å². The van der Waals surface area contributed by atoms with E-state index in [4.69, 9.17) is 9.26 Å². The number of nitrogens with zero attached hydrogens (tertiary/aromatic N) is 2. The lowest BCUT2D eigenvalue weighted by molar-refractivity contribution is 0.0922. The Balaban J connectivity index is 1.58. The lowest BCUT2D eigenvalue weighted by Crippen LogP contribution is -2.37. The van der Waals surface area contributed by atoms with Crippen molar-refractivity contribution < 1.29 is 18.4 Å². The Bertz CT molecular complexity index is 948. The lowest BCUT2D eigenvalue weighted by atomic mass is 10.2. The van der Waals surface area contributed by atoms with E-state index in [1.807, 2.05) is 13.0 Å². The van der Waals surface area contributed by atoms with Gasteiger partial charge in [0.25, 0.3) is 5.91 Å². The molecule has 3 rings (SSSR count). The molecular formula is C20H20FN3O3S. The number of nitrogens with one attached hydrogen (secondary N) is 1. The highest BCUT2D eigenvalue weighted by atomic mass is 32.2. The van der Waals surface area contributed by atoms with Crippen LogP contribution in [0.4, 0.5) is 4.39 Å². The Morgan fingerprint density at radius 3 is 2.89 bits per heavy atom. The van der Waals surface area contributed by atoms with Gasteiger partial charge in [0.1, 0.15) is 17.4 Å². The number of amides is 1. The first kappa shape index (κ1) is 19.9. The number of aromatic nitrogens is 2. The summed E-state index contributed by atoms with van der Waals surface area (Å²) in [7, 11) is 0. The highest BCUT2D eigenvalue weighted by molar-refractivity contribution is 7.98. The fourth-order valence-electron chi connectivity index (χ4n) is 2.43. The molecule has 8 heteroatoms. The van der Waals surface area contributed by atoms with Gasteiger partial charge in [-0.25, -0.2) is 9.37 Å². The van der Waals surface area contributed by atoms with Crippen LogP contribution in [0.2, 0.25) is 0 Å². The normalized spacial score (nSPS) is 11.8. The number of benzene rings is 1. The molecule has 0 saturated carbocycles. The summed E-state index contributed by atoms with van der Waals surface area (Å²) in [5.74, 6) is 0.731. The minimum Gasteiger partial charge on any atom is -0.488 e. The van der Waals surface area contributed by atoms with Crippen molar-refractivity contribution in [2.75, 3.05) is 6.61 Å². The van der Waals surface area contributed by atoms with Crippen LogP contribution in [0.15, 0.2) is 58.2 Å². The number of halogens is 1. The van der Waals surface area contributed by atoms with Crippen molar-refractivity contribution in [3.8, 4) is 5.75 Å². The number of aryl methyl sites for hydroxylation is 1. The third kappa shape index (κ3) is 5.32. The Kier molecular flexibility index (Phi) is 6.65. The third-order valence-electron chi connectivity index (χ3n) is 3.75. The standard InChI is InChI=1S/C20H20FN3O3S/c1-13(11-26-18-8-4-3-7-17(18)21)23-19(25)16-6-5-9-22-20(16)28-12-15-10-14(2)27-24-15/h3-10,13H,11-12H2,1-2H3,(H,23,25). The Hall–Kier alpha value is -2.87. The van der Waals surface area contributed by atoms with E-state index in [9.17, 15) is 9.18 Å². The van der Waals surface area contributed by atoms with Crippen molar-refractivity contribution in [2.45, 2.75) is 30.7 Å². The molecule has 1 unspecified atom stereocenters. The molecule has 0 fully saturated rings. The minimum atomic E-state index is -0.435. The highest BCUT2D eigenvalue weighted by Gasteiger charge is 2.16. The quantitative estimate of drug-likeness (QED) is 0.575. The maximum Gasteiger partial charge on any atom is 0.254 e. The predicted molar refractivity (Wildman–Crippen MR) is 104 cm³/mol. The van der Waals surface area contributed by atoms with E-state index in [0.29, 0.717) is 16.3 Å².